The van der Waals surface area contributed by atoms with Crippen molar-refractivity contribution in [1.82, 2.24) is 5.32 Å². The number of carbonyl (C=O) groups excluding carboxylic acids is 2. The van der Waals surface area contributed by atoms with Gasteiger partial charge >= 0.3 is 5.97 Å². The third-order valence-corrected chi connectivity index (χ3v) is 2.36. The van der Waals surface area contributed by atoms with Gasteiger partial charge in [0, 0.05) is 6.07 Å². The highest BCUT2D eigenvalue weighted by molar-refractivity contribution is 5.87. The lowest BCUT2D eigenvalue weighted by atomic mass is 10.1. The zero-order valence-corrected chi connectivity index (χ0v) is 10.3. The number of nitrogens with one attached hydrogen (secondary N) is 1. The van der Waals surface area contributed by atoms with Crippen molar-refractivity contribution in [3.63, 3.8) is 0 Å². The number of aliphatic hydroxyl groups is 1. The molecule has 1 aromatic carbocycles. The zero-order chi connectivity index (χ0) is 14.6. The summed E-state index contributed by atoms with van der Waals surface area (Å²) >= 11 is 0. The van der Waals surface area contributed by atoms with E-state index in [0.717, 1.165) is 19.2 Å². The summed E-state index contributed by atoms with van der Waals surface area (Å²) < 4.78 is 30.3. The molecule has 7 heteroatoms. The largest absolute Gasteiger partial charge is 0.467 e. The Morgan fingerprint density at radius 2 is 1.79 bits per heavy atom. The Morgan fingerprint density at radius 1 is 1.26 bits per heavy atom. The van der Waals surface area contributed by atoms with Crippen molar-refractivity contribution >= 4 is 11.9 Å². The molecule has 5 nitrogen and oxygen atoms in total. The van der Waals surface area contributed by atoms with Crippen LogP contribution in [0.3, 0.4) is 0 Å². The SMILES string of the molecule is COC(=O)[C@H](C)NC(=O)C(O)c1cc(F)cc(F)c1. The van der Waals surface area contributed by atoms with Crippen molar-refractivity contribution in [2.45, 2.75) is 19.1 Å². The van der Waals surface area contributed by atoms with Gasteiger partial charge in [-0.15, -0.1) is 0 Å². The van der Waals surface area contributed by atoms with Crippen LogP contribution in [-0.2, 0) is 14.3 Å². The highest BCUT2D eigenvalue weighted by Crippen LogP contribution is 2.16. The topological polar surface area (TPSA) is 75.6 Å². The highest BCUT2D eigenvalue weighted by atomic mass is 19.1. The number of methoxy groups -OCH3 is 1. The molecule has 2 N–H and O–H groups in total. The van der Waals surface area contributed by atoms with E-state index >= 15 is 0 Å². The van der Waals surface area contributed by atoms with Crippen LogP contribution in [0.15, 0.2) is 18.2 Å². The first-order valence-electron chi connectivity index (χ1n) is 5.37. The number of rotatable bonds is 4. The van der Waals surface area contributed by atoms with Crippen LogP contribution in [0.4, 0.5) is 8.78 Å². The number of hydrogen-bond acceptors (Lipinski definition) is 4. The van der Waals surface area contributed by atoms with E-state index in [9.17, 15) is 23.5 Å². The molecule has 0 saturated carbocycles. The third-order valence-electron chi connectivity index (χ3n) is 2.36. The lowest BCUT2D eigenvalue weighted by molar-refractivity contribution is -0.145. The lowest BCUT2D eigenvalue weighted by Gasteiger charge is -2.15. The van der Waals surface area contributed by atoms with Gasteiger partial charge in [0.1, 0.15) is 17.7 Å². The average Bonchev–Trinajstić information content (AvgIpc) is 2.35. The number of hydrogen-bond donors (Lipinski definition) is 2. The van der Waals surface area contributed by atoms with Crippen LogP contribution in [0.1, 0.15) is 18.6 Å². The van der Waals surface area contributed by atoms with Gasteiger partial charge in [0.25, 0.3) is 5.91 Å². The fraction of sp³-hybridized carbons (Fsp3) is 0.333. The highest BCUT2D eigenvalue weighted by Gasteiger charge is 2.23. The number of esters is 1. The summed E-state index contributed by atoms with van der Waals surface area (Å²) in [5.41, 5.74) is -0.243. The number of benzene rings is 1. The minimum atomic E-state index is -1.78. The molecule has 0 aliphatic rings. The van der Waals surface area contributed by atoms with E-state index < -0.39 is 35.7 Å². The van der Waals surface area contributed by atoms with E-state index in [0.29, 0.717) is 6.07 Å². The van der Waals surface area contributed by atoms with Crippen LogP contribution < -0.4 is 5.32 Å². The molecule has 0 bridgehead atoms. The summed E-state index contributed by atoms with van der Waals surface area (Å²) in [6.07, 6.45) is -1.78. The fourth-order valence-corrected chi connectivity index (χ4v) is 1.41. The predicted octanol–water partition coefficient (Wildman–Crippen LogP) is 0.676. The van der Waals surface area contributed by atoms with Crippen LogP contribution in [-0.4, -0.2) is 30.1 Å². The van der Waals surface area contributed by atoms with Gasteiger partial charge < -0.3 is 15.2 Å². The maximum absolute atomic E-state index is 12.9. The van der Waals surface area contributed by atoms with Gasteiger partial charge in [-0.3, -0.25) is 4.79 Å². The Balaban J connectivity index is 2.79. The van der Waals surface area contributed by atoms with Crippen molar-refractivity contribution in [3.05, 3.63) is 35.4 Å². The molecule has 1 rings (SSSR count). The Hall–Kier alpha value is -2.02. The summed E-state index contributed by atoms with van der Waals surface area (Å²) in [6, 6.07) is 1.29. The maximum atomic E-state index is 12.9. The smallest absolute Gasteiger partial charge is 0.328 e. The minimum Gasteiger partial charge on any atom is -0.467 e. The maximum Gasteiger partial charge on any atom is 0.328 e. The van der Waals surface area contributed by atoms with Crippen LogP contribution in [0.2, 0.25) is 0 Å². The molecule has 1 unspecified atom stereocenters. The van der Waals surface area contributed by atoms with E-state index in [1.54, 1.807) is 0 Å². The average molecular weight is 273 g/mol. The number of halogens is 2. The molecule has 2 atom stereocenters. The minimum absolute atomic E-state index is 0.243. The van der Waals surface area contributed by atoms with Gasteiger partial charge in [0.2, 0.25) is 0 Å². The van der Waals surface area contributed by atoms with Crippen LogP contribution in [0.5, 0.6) is 0 Å². The molecule has 0 spiro atoms. The molecule has 0 radical (unpaired) electrons. The zero-order valence-electron chi connectivity index (χ0n) is 10.3. The monoisotopic (exact) mass is 273 g/mol. The first-order valence-corrected chi connectivity index (χ1v) is 5.37. The van der Waals surface area contributed by atoms with E-state index in [2.05, 4.69) is 10.1 Å². The lowest BCUT2D eigenvalue weighted by Crippen LogP contribution is -2.41. The van der Waals surface area contributed by atoms with E-state index in [-0.39, 0.29) is 5.56 Å². The second kappa shape index (κ2) is 6.24. The summed E-state index contributed by atoms with van der Waals surface area (Å²) in [5.74, 6) is -3.49. The third kappa shape index (κ3) is 3.99. The van der Waals surface area contributed by atoms with Gasteiger partial charge in [-0.05, 0) is 24.6 Å². The van der Waals surface area contributed by atoms with Crippen molar-refractivity contribution in [2.75, 3.05) is 7.11 Å². The Kier molecular flexibility index (Phi) is 4.94. The molecule has 0 saturated heterocycles. The number of amides is 1. The van der Waals surface area contributed by atoms with E-state index in [1.165, 1.54) is 6.92 Å². The number of carbonyl (C=O) groups is 2. The molecule has 1 aromatic rings. The molecule has 0 heterocycles. The van der Waals surface area contributed by atoms with Crippen molar-refractivity contribution in [3.8, 4) is 0 Å². The van der Waals surface area contributed by atoms with Crippen molar-refractivity contribution in [1.29, 1.82) is 0 Å². The first-order chi connectivity index (χ1) is 8.85. The van der Waals surface area contributed by atoms with Gasteiger partial charge in [-0.25, -0.2) is 13.6 Å². The molecule has 104 valence electrons. The van der Waals surface area contributed by atoms with Gasteiger partial charge in [-0.2, -0.15) is 0 Å². The molecule has 0 fully saturated rings. The van der Waals surface area contributed by atoms with E-state index in [1.807, 2.05) is 0 Å². The van der Waals surface area contributed by atoms with Gasteiger partial charge in [0.05, 0.1) is 7.11 Å². The van der Waals surface area contributed by atoms with Crippen LogP contribution in [0, 0.1) is 11.6 Å². The van der Waals surface area contributed by atoms with Gasteiger partial charge in [-0.1, -0.05) is 0 Å². The van der Waals surface area contributed by atoms with Crippen LogP contribution in [0.25, 0.3) is 0 Å². The van der Waals surface area contributed by atoms with Crippen molar-refractivity contribution < 1.29 is 28.2 Å². The standard InChI is InChI=1S/C12H13F2NO4/c1-6(12(18)19-2)15-11(17)10(16)7-3-8(13)5-9(14)4-7/h3-6,10,16H,1-2H3,(H,15,17)/t6-,10?/m0/s1. The summed E-state index contributed by atoms with van der Waals surface area (Å²) in [6.45, 7) is 1.35. The Bertz CT molecular complexity index is 472. The second-order valence-electron chi connectivity index (χ2n) is 3.86. The summed E-state index contributed by atoms with van der Waals surface area (Å²) in [4.78, 5) is 22.7. The Morgan fingerprint density at radius 3 is 2.26 bits per heavy atom. The molecular weight excluding hydrogens is 260 g/mol. The Labute approximate surface area is 108 Å². The van der Waals surface area contributed by atoms with Crippen molar-refractivity contribution in [2.24, 2.45) is 0 Å². The fourth-order valence-electron chi connectivity index (χ4n) is 1.41. The molecular formula is C12H13F2NO4. The number of aliphatic hydroxyl groups excluding tert-OH is 1. The molecule has 19 heavy (non-hydrogen) atoms. The van der Waals surface area contributed by atoms with E-state index in [4.69, 9.17) is 0 Å². The molecule has 0 aromatic heterocycles. The van der Waals surface area contributed by atoms with Crippen LogP contribution >= 0.6 is 0 Å². The first kappa shape index (κ1) is 15.0. The molecule has 0 aliphatic heterocycles. The summed E-state index contributed by atoms with van der Waals surface area (Å²) in [5, 5.41) is 11.8. The molecule has 1 amide bonds. The normalized spacial score (nSPS) is 13.5. The quantitative estimate of drug-likeness (QED) is 0.791. The predicted molar refractivity (Wildman–Crippen MR) is 60.9 cm³/mol. The summed E-state index contributed by atoms with van der Waals surface area (Å²) in [7, 11) is 1.14. The molecule has 0 aliphatic carbocycles. The second-order valence-corrected chi connectivity index (χ2v) is 3.86. The number of ether oxygens (including phenoxy) is 1. The van der Waals surface area contributed by atoms with Gasteiger partial charge in [0.15, 0.2) is 6.10 Å².